The highest BCUT2D eigenvalue weighted by atomic mass is 31.2. The van der Waals surface area contributed by atoms with Gasteiger partial charge in [0, 0.05) is 5.56 Å². The third-order valence-electron chi connectivity index (χ3n) is 9.37. The van der Waals surface area contributed by atoms with Crippen molar-refractivity contribution in [1.29, 1.82) is 0 Å². The summed E-state index contributed by atoms with van der Waals surface area (Å²) in [5.74, 6) is 0.690. The number of ether oxygens (including phenoxy) is 1. The van der Waals surface area contributed by atoms with Crippen LogP contribution >= 0.6 is 7.60 Å². The molecule has 0 radical (unpaired) electrons. The second-order valence-electron chi connectivity index (χ2n) is 15.8. The van der Waals surface area contributed by atoms with Crippen molar-refractivity contribution in [3.63, 3.8) is 0 Å². The highest BCUT2D eigenvalue weighted by molar-refractivity contribution is 7.53. The summed E-state index contributed by atoms with van der Waals surface area (Å²) in [6.45, 7) is 13.4. The number of hydrogen-bond donors (Lipinski definition) is 0. The summed E-state index contributed by atoms with van der Waals surface area (Å²) >= 11 is 0. The summed E-state index contributed by atoms with van der Waals surface area (Å²) in [7, 11) is -3.31. The van der Waals surface area contributed by atoms with E-state index in [9.17, 15) is 4.57 Å². The lowest BCUT2D eigenvalue weighted by molar-refractivity contribution is -0.00518. The Labute approximate surface area is 257 Å². The van der Waals surface area contributed by atoms with E-state index in [0.29, 0.717) is 18.4 Å². The van der Waals surface area contributed by atoms with Gasteiger partial charge in [-0.05, 0) is 145 Å². The van der Waals surface area contributed by atoms with E-state index in [1.165, 1.54) is 50.2 Å². The van der Waals surface area contributed by atoms with E-state index in [1.54, 1.807) is 6.07 Å². The standard InChI is InChI=1S/C36H51F2O4P/c1-24(9-8-16-43(39,41-34(2,3)4)42-35(5,6)7)23-40-31-15-14-30(32(37)33(31)38)28-10-12-29(13-11-28)36-20-25-17-26(21-36)19-27(18-25)22-36/h10-15,24-27H,8-9,16-23H2,1-7H3/t24-,25-,26?,27?,36-/m1/s1. The molecule has 4 saturated carbocycles. The number of rotatable bonds is 11. The number of hydrogen-bond acceptors (Lipinski definition) is 4. The first-order valence-corrected chi connectivity index (χ1v) is 18.0. The molecule has 2 aromatic carbocycles. The molecule has 4 bridgehead atoms. The van der Waals surface area contributed by atoms with E-state index in [2.05, 4.69) is 12.1 Å². The Morgan fingerprint density at radius 2 is 1.37 bits per heavy atom. The first-order chi connectivity index (χ1) is 20.0. The molecule has 0 heterocycles. The number of benzene rings is 2. The molecule has 0 unspecified atom stereocenters. The van der Waals surface area contributed by atoms with Gasteiger partial charge in [-0.1, -0.05) is 31.2 Å². The van der Waals surface area contributed by atoms with Gasteiger partial charge in [0.1, 0.15) is 0 Å². The van der Waals surface area contributed by atoms with Crippen LogP contribution in [-0.2, 0) is 19.0 Å². The Morgan fingerprint density at radius 3 is 1.88 bits per heavy atom. The van der Waals surface area contributed by atoms with Crippen molar-refractivity contribution in [3.8, 4) is 16.9 Å². The minimum absolute atomic E-state index is 0.0389. The topological polar surface area (TPSA) is 44.8 Å². The molecule has 0 saturated heterocycles. The predicted molar refractivity (Wildman–Crippen MR) is 170 cm³/mol. The Kier molecular flexibility index (Phi) is 9.27. The highest BCUT2D eigenvalue weighted by Crippen LogP contribution is 2.61. The second-order valence-corrected chi connectivity index (χ2v) is 17.8. The van der Waals surface area contributed by atoms with Gasteiger partial charge in [-0.25, -0.2) is 4.39 Å². The quantitative estimate of drug-likeness (QED) is 0.236. The summed E-state index contributed by atoms with van der Waals surface area (Å²) in [6.07, 6.45) is 9.60. The van der Waals surface area contributed by atoms with Crippen LogP contribution in [0.1, 0.15) is 105 Å². The lowest BCUT2D eigenvalue weighted by Gasteiger charge is -2.57. The van der Waals surface area contributed by atoms with E-state index >= 15 is 8.78 Å². The molecule has 0 spiro atoms. The highest BCUT2D eigenvalue weighted by Gasteiger charge is 2.51. The molecule has 4 fully saturated rings. The predicted octanol–water partition coefficient (Wildman–Crippen LogP) is 10.7. The van der Waals surface area contributed by atoms with Gasteiger partial charge in [0.05, 0.1) is 24.0 Å². The fourth-order valence-electron chi connectivity index (χ4n) is 8.23. The molecule has 4 nitrogen and oxygen atoms in total. The average molecular weight is 617 g/mol. The maximum atomic E-state index is 15.3. The van der Waals surface area contributed by atoms with Gasteiger partial charge < -0.3 is 13.8 Å². The van der Waals surface area contributed by atoms with Crippen molar-refractivity contribution >= 4 is 7.60 Å². The summed E-state index contributed by atoms with van der Waals surface area (Å²) in [5, 5.41) is 0. The Bertz CT molecular complexity index is 1270. The molecule has 0 amide bonds. The molecule has 0 aliphatic heterocycles. The molecule has 4 aliphatic rings. The van der Waals surface area contributed by atoms with Gasteiger partial charge in [-0.15, -0.1) is 0 Å². The fraction of sp³-hybridized carbons (Fsp3) is 0.667. The van der Waals surface area contributed by atoms with Crippen LogP contribution in [0.5, 0.6) is 5.75 Å². The van der Waals surface area contributed by atoms with Crippen LogP contribution in [0.15, 0.2) is 36.4 Å². The zero-order chi connectivity index (χ0) is 31.2. The van der Waals surface area contributed by atoms with Crippen molar-refractivity contribution in [2.45, 2.75) is 116 Å². The van der Waals surface area contributed by atoms with Gasteiger partial charge in [0.15, 0.2) is 11.6 Å². The maximum absolute atomic E-state index is 15.3. The van der Waals surface area contributed by atoms with Crippen molar-refractivity contribution in [2.24, 2.45) is 23.7 Å². The summed E-state index contributed by atoms with van der Waals surface area (Å²) in [4.78, 5) is 0. The smallest absolute Gasteiger partial charge is 0.331 e. The monoisotopic (exact) mass is 616 g/mol. The molecular weight excluding hydrogens is 565 g/mol. The van der Waals surface area contributed by atoms with E-state index in [-0.39, 0.29) is 35.4 Å². The van der Waals surface area contributed by atoms with Crippen LogP contribution in [0.3, 0.4) is 0 Å². The van der Waals surface area contributed by atoms with E-state index in [1.807, 2.05) is 60.6 Å². The first kappa shape index (κ1) is 32.6. The summed E-state index contributed by atoms with van der Waals surface area (Å²) in [6, 6.07) is 11.4. The molecule has 0 aromatic heterocycles. The van der Waals surface area contributed by atoms with Crippen LogP contribution in [0.4, 0.5) is 8.78 Å². The van der Waals surface area contributed by atoms with E-state index < -0.39 is 30.4 Å². The van der Waals surface area contributed by atoms with Gasteiger partial charge in [0.25, 0.3) is 0 Å². The molecular formula is C36H51F2O4P. The minimum Gasteiger partial charge on any atom is -0.490 e. The SMILES string of the molecule is C[C@H](CCCP(=O)(OC(C)(C)C)OC(C)(C)C)COc1ccc(-c2ccc([C@]34CC5CC(C[C@H](C5)C3)C4)cc2)c(F)c1F. The molecule has 1 atom stereocenters. The zero-order valence-corrected chi connectivity index (χ0v) is 28.1. The zero-order valence-electron chi connectivity index (χ0n) is 27.2. The molecule has 0 N–H and O–H groups in total. The average Bonchev–Trinajstić information content (AvgIpc) is 2.86. The van der Waals surface area contributed by atoms with Crippen LogP contribution in [0, 0.1) is 35.3 Å². The largest absolute Gasteiger partial charge is 0.490 e. The van der Waals surface area contributed by atoms with Gasteiger partial charge in [-0.3, -0.25) is 4.57 Å². The van der Waals surface area contributed by atoms with Crippen LogP contribution in [-0.4, -0.2) is 24.0 Å². The van der Waals surface area contributed by atoms with Crippen molar-refractivity contribution in [3.05, 3.63) is 53.6 Å². The Hall–Kier alpha value is -1.75. The summed E-state index contributed by atoms with van der Waals surface area (Å²) < 4.78 is 61.3. The third kappa shape index (κ3) is 7.92. The fourth-order valence-corrected chi connectivity index (χ4v) is 10.7. The lowest BCUT2D eigenvalue weighted by Crippen LogP contribution is -2.48. The molecule has 238 valence electrons. The Balaban J connectivity index is 1.17. The maximum Gasteiger partial charge on any atom is 0.331 e. The number of halogens is 2. The van der Waals surface area contributed by atoms with Crippen molar-refractivity contribution < 1.29 is 27.1 Å². The van der Waals surface area contributed by atoms with Crippen LogP contribution in [0.25, 0.3) is 11.1 Å². The molecule has 7 heteroatoms. The molecule has 6 rings (SSSR count). The molecule has 4 aliphatic carbocycles. The van der Waals surface area contributed by atoms with Gasteiger partial charge in [-0.2, -0.15) is 4.39 Å². The third-order valence-corrected chi connectivity index (χ3v) is 11.9. The van der Waals surface area contributed by atoms with Crippen molar-refractivity contribution in [2.75, 3.05) is 12.8 Å². The Morgan fingerprint density at radius 1 is 0.837 bits per heavy atom. The normalized spacial score (nSPS) is 26.1. The molecule has 43 heavy (non-hydrogen) atoms. The minimum atomic E-state index is -3.31. The van der Waals surface area contributed by atoms with Crippen LogP contribution < -0.4 is 4.74 Å². The van der Waals surface area contributed by atoms with E-state index in [4.69, 9.17) is 13.8 Å². The van der Waals surface area contributed by atoms with E-state index in [0.717, 1.165) is 17.8 Å². The van der Waals surface area contributed by atoms with Crippen molar-refractivity contribution in [1.82, 2.24) is 0 Å². The van der Waals surface area contributed by atoms with Crippen LogP contribution in [0.2, 0.25) is 0 Å². The first-order valence-electron chi connectivity index (χ1n) is 16.3. The summed E-state index contributed by atoms with van der Waals surface area (Å²) in [5.41, 5.74) is 1.39. The molecule has 2 aromatic rings. The van der Waals surface area contributed by atoms with Gasteiger partial charge >= 0.3 is 7.60 Å². The lowest BCUT2D eigenvalue weighted by atomic mass is 9.48. The van der Waals surface area contributed by atoms with Gasteiger partial charge in [0.2, 0.25) is 5.82 Å². The second kappa shape index (κ2) is 12.2.